The van der Waals surface area contributed by atoms with Crippen LogP contribution in [-0.2, 0) is 11.2 Å². The van der Waals surface area contributed by atoms with Gasteiger partial charge in [0.25, 0.3) is 0 Å². The number of hydrogen-bond donors (Lipinski definition) is 0. The maximum atomic E-state index is 13.0. The lowest BCUT2D eigenvalue weighted by molar-refractivity contribution is -0.130. The Bertz CT molecular complexity index is 1050. The van der Waals surface area contributed by atoms with Crippen LogP contribution in [0.3, 0.4) is 0 Å². The number of hydrogen-bond acceptors (Lipinski definition) is 5. The van der Waals surface area contributed by atoms with Gasteiger partial charge in [0.05, 0.1) is 6.42 Å². The lowest BCUT2D eigenvalue weighted by atomic mass is 10.0. The van der Waals surface area contributed by atoms with Gasteiger partial charge < -0.3 is 14.7 Å². The molecule has 6 heteroatoms. The first-order chi connectivity index (χ1) is 15.8. The van der Waals surface area contributed by atoms with Crippen molar-refractivity contribution in [3.05, 3.63) is 60.2 Å². The van der Waals surface area contributed by atoms with Gasteiger partial charge in [-0.15, -0.1) is 10.2 Å². The maximum absolute atomic E-state index is 13.0. The van der Waals surface area contributed by atoms with Gasteiger partial charge in [0.15, 0.2) is 11.6 Å². The number of rotatable bonds is 4. The van der Waals surface area contributed by atoms with Gasteiger partial charge in [-0.1, -0.05) is 55.3 Å². The van der Waals surface area contributed by atoms with Crippen LogP contribution in [0.2, 0.25) is 0 Å². The number of amides is 1. The predicted octanol–water partition coefficient (Wildman–Crippen LogP) is 3.90. The third-order valence-corrected chi connectivity index (χ3v) is 6.74. The molecular weight excluding hydrogens is 398 g/mol. The smallest absolute Gasteiger partial charge is 0.227 e. The number of benzene rings is 2. The highest BCUT2D eigenvalue weighted by Crippen LogP contribution is 2.22. The van der Waals surface area contributed by atoms with E-state index < -0.39 is 0 Å². The van der Waals surface area contributed by atoms with Crippen molar-refractivity contribution >= 4 is 28.3 Å². The van der Waals surface area contributed by atoms with Crippen LogP contribution in [-0.4, -0.2) is 60.3 Å². The Labute approximate surface area is 189 Å². The summed E-state index contributed by atoms with van der Waals surface area (Å²) in [5.41, 5.74) is 1.10. The van der Waals surface area contributed by atoms with Gasteiger partial charge in [-0.2, -0.15) is 0 Å². The van der Waals surface area contributed by atoms with Crippen molar-refractivity contribution in [2.75, 3.05) is 49.1 Å². The van der Waals surface area contributed by atoms with E-state index in [2.05, 4.69) is 56.4 Å². The molecule has 6 nitrogen and oxygen atoms in total. The first-order valence-electron chi connectivity index (χ1n) is 11.9. The Hall–Kier alpha value is -3.15. The quantitative estimate of drug-likeness (QED) is 0.630. The Kier molecular flexibility index (Phi) is 6.19. The van der Waals surface area contributed by atoms with Crippen LogP contribution in [0.25, 0.3) is 10.8 Å². The summed E-state index contributed by atoms with van der Waals surface area (Å²) in [6.45, 7) is 5.17. The maximum Gasteiger partial charge on any atom is 0.227 e. The van der Waals surface area contributed by atoms with E-state index in [-0.39, 0.29) is 5.91 Å². The zero-order valence-corrected chi connectivity index (χ0v) is 18.6. The Balaban J connectivity index is 1.18. The summed E-state index contributed by atoms with van der Waals surface area (Å²) in [4.78, 5) is 19.6. The molecule has 0 saturated carbocycles. The molecule has 2 aliphatic heterocycles. The normalized spacial score (nSPS) is 17.4. The fraction of sp³-hybridized carbons (Fsp3) is 0.423. The fourth-order valence-corrected chi connectivity index (χ4v) is 4.86. The molecule has 0 aliphatic carbocycles. The van der Waals surface area contributed by atoms with Gasteiger partial charge >= 0.3 is 0 Å². The van der Waals surface area contributed by atoms with E-state index in [0.717, 1.165) is 56.5 Å². The molecule has 166 valence electrons. The van der Waals surface area contributed by atoms with Crippen LogP contribution < -0.4 is 9.80 Å². The minimum atomic E-state index is 0.198. The molecule has 2 aromatic carbocycles. The first-order valence-corrected chi connectivity index (χ1v) is 11.9. The summed E-state index contributed by atoms with van der Waals surface area (Å²) in [7, 11) is 0. The van der Waals surface area contributed by atoms with Gasteiger partial charge in [-0.05, 0) is 41.3 Å². The van der Waals surface area contributed by atoms with E-state index in [1.54, 1.807) is 0 Å². The lowest BCUT2D eigenvalue weighted by Crippen LogP contribution is -2.49. The molecule has 0 N–H and O–H groups in total. The number of aromatic nitrogens is 2. The van der Waals surface area contributed by atoms with Crippen LogP contribution in [0.4, 0.5) is 11.6 Å². The van der Waals surface area contributed by atoms with Crippen LogP contribution in [0.1, 0.15) is 31.2 Å². The number of carbonyl (C=O) groups is 1. The van der Waals surface area contributed by atoms with Gasteiger partial charge in [0, 0.05) is 39.3 Å². The molecule has 0 radical (unpaired) electrons. The molecule has 3 heterocycles. The number of piperazine rings is 1. The number of fused-ring (bicyclic) bond motifs is 1. The molecule has 0 unspecified atom stereocenters. The molecule has 0 atom stereocenters. The Morgan fingerprint density at radius 2 is 1.31 bits per heavy atom. The molecule has 0 bridgehead atoms. The first kappa shape index (κ1) is 20.7. The summed E-state index contributed by atoms with van der Waals surface area (Å²) in [6.07, 6.45) is 5.54. The zero-order valence-electron chi connectivity index (χ0n) is 18.6. The van der Waals surface area contributed by atoms with E-state index in [1.807, 2.05) is 23.1 Å². The highest BCUT2D eigenvalue weighted by atomic mass is 16.2. The van der Waals surface area contributed by atoms with Gasteiger partial charge in [0.2, 0.25) is 5.91 Å². The monoisotopic (exact) mass is 429 g/mol. The van der Waals surface area contributed by atoms with E-state index >= 15 is 0 Å². The largest absolute Gasteiger partial charge is 0.355 e. The van der Waals surface area contributed by atoms with Crippen molar-refractivity contribution in [3.63, 3.8) is 0 Å². The summed E-state index contributed by atoms with van der Waals surface area (Å²) in [5, 5.41) is 11.4. The van der Waals surface area contributed by atoms with E-state index in [1.165, 1.54) is 36.5 Å². The third kappa shape index (κ3) is 4.54. The Morgan fingerprint density at radius 3 is 2.00 bits per heavy atom. The highest BCUT2D eigenvalue weighted by Gasteiger charge is 2.23. The molecule has 2 aliphatic rings. The molecule has 32 heavy (non-hydrogen) atoms. The molecular formula is C26H31N5O. The van der Waals surface area contributed by atoms with Crippen LogP contribution in [0.5, 0.6) is 0 Å². The molecule has 1 amide bonds. The second kappa shape index (κ2) is 9.55. The van der Waals surface area contributed by atoms with E-state index in [9.17, 15) is 4.79 Å². The van der Waals surface area contributed by atoms with Gasteiger partial charge in [-0.3, -0.25) is 4.79 Å². The third-order valence-electron chi connectivity index (χ3n) is 6.74. The van der Waals surface area contributed by atoms with Crippen molar-refractivity contribution in [1.82, 2.24) is 15.1 Å². The fourth-order valence-electron chi connectivity index (χ4n) is 4.86. The standard InChI is InChI=1S/C26H31N5O/c32-26(20-22-10-7-9-21-8-3-4-11-23(21)22)31-18-16-30(17-19-31)25-13-12-24(27-28-25)29-14-5-1-2-6-15-29/h3-4,7-13H,1-2,5-6,14-20H2. The molecule has 0 spiro atoms. The average molecular weight is 430 g/mol. The van der Waals surface area contributed by atoms with Crippen molar-refractivity contribution in [2.45, 2.75) is 32.1 Å². The minimum absolute atomic E-state index is 0.198. The lowest BCUT2D eigenvalue weighted by Gasteiger charge is -2.35. The van der Waals surface area contributed by atoms with Crippen LogP contribution >= 0.6 is 0 Å². The molecule has 2 saturated heterocycles. The second-order valence-electron chi connectivity index (χ2n) is 8.83. The van der Waals surface area contributed by atoms with E-state index in [4.69, 9.17) is 0 Å². The van der Waals surface area contributed by atoms with Crippen LogP contribution in [0.15, 0.2) is 54.6 Å². The summed E-state index contributed by atoms with van der Waals surface area (Å²) in [6, 6.07) is 18.7. The number of carbonyl (C=O) groups excluding carboxylic acids is 1. The second-order valence-corrected chi connectivity index (χ2v) is 8.83. The van der Waals surface area contributed by atoms with Crippen molar-refractivity contribution in [3.8, 4) is 0 Å². The summed E-state index contributed by atoms with van der Waals surface area (Å²) >= 11 is 0. The molecule has 3 aromatic rings. The zero-order chi connectivity index (χ0) is 21.8. The Morgan fingerprint density at radius 1 is 0.688 bits per heavy atom. The predicted molar refractivity (Wildman–Crippen MR) is 129 cm³/mol. The topological polar surface area (TPSA) is 52.6 Å². The van der Waals surface area contributed by atoms with Crippen molar-refractivity contribution in [2.24, 2.45) is 0 Å². The molecule has 5 rings (SSSR count). The number of nitrogens with zero attached hydrogens (tertiary/aromatic N) is 5. The summed E-state index contributed by atoms with van der Waals surface area (Å²) < 4.78 is 0. The van der Waals surface area contributed by atoms with Crippen molar-refractivity contribution < 1.29 is 4.79 Å². The van der Waals surface area contributed by atoms with Gasteiger partial charge in [0.1, 0.15) is 0 Å². The molecule has 2 fully saturated rings. The molecule has 1 aromatic heterocycles. The highest BCUT2D eigenvalue weighted by molar-refractivity contribution is 5.90. The SMILES string of the molecule is O=C(Cc1cccc2ccccc12)N1CCN(c2ccc(N3CCCCCC3)nn2)CC1. The number of anilines is 2. The summed E-state index contributed by atoms with van der Waals surface area (Å²) in [5.74, 6) is 2.09. The van der Waals surface area contributed by atoms with E-state index in [0.29, 0.717) is 6.42 Å². The van der Waals surface area contributed by atoms with Crippen molar-refractivity contribution in [1.29, 1.82) is 0 Å². The minimum Gasteiger partial charge on any atom is -0.355 e. The van der Waals surface area contributed by atoms with Crippen LogP contribution in [0, 0.1) is 0 Å². The average Bonchev–Trinajstić information content (AvgIpc) is 3.14. The van der Waals surface area contributed by atoms with Gasteiger partial charge in [-0.25, -0.2) is 0 Å².